The highest BCUT2D eigenvalue weighted by atomic mass is 19.1. The van der Waals surface area contributed by atoms with Crippen molar-refractivity contribution in [2.75, 3.05) is 7.05 Å². The Kier molecular flexibility index (Phi) is 2.79. The lowest BCUT2D eigenvalue weighted by atomic mass is 9.99. The first-order valence-electron chi connectivity index (χ1n) is 5.56. The molecule has 0 bridgehead atoms. The van der Waals surface area contributed by atoms with Crippen LogP contribution in [0.5, 0.6) is 0 Å². The Bertz CT molecular complexity index is 362. The van der Waals surface area contributed by atoms with Crippen LogP contribution in [-0.4, -0.2) is 7.05 Å². The Morgan fingerprint density at radius 2 is 2.13 bits per heavy atom. The molecule has 15 heavy (non-hydrogen) atoms. The molecule has 0 aliphatic heterocycles. The maximum absolute atomic E-state index is 13.7. The normalized spacial score (nSPS) is 26.4. The molecule has 2 rings (SSSR count). The van der Waals surface area contributed by atoms with Gasteiger partial charge in [0, 0.05) is 11.6 Å². The Morgan fingerprint density at radius 1 is 1.47 bits per heavy atom. The summed E-state index contributed by atoms with van der Waals surface area (Å²) in [7, 11) is 1.91. The third kappa shape index (κ3) is 2.05. The predicted octanol–water partition coefficient (Wildman–Crippen LogP) is 3.05. The SMILES string of the molecule is CNC(c1cc(C)ccc1F)C1CC1C. The molecule has 82 valence electrons. The first-order valence-corrected chi connectivity index (χ1v) is 5.56. The number of benzene rings is 1. The molecule has 3 unspecified atom stereocenters. The smallest absolute Gasteiger partial charge is 0.128 e. The molecule has 0 spiro atoms. The molecule has 1 saturated carbocycles. The van der Waals surface area contributed by atoms with E-state index in [1.165, 1.54) is 6.42 Å². The van der Waals surface area contributed by atoms with Gasteiger partial charge in [0.15, 0.2) is 0 Å². The fourth-order valence-corrected chi connectivity index (χ4v) is 2.32. The maximum Gasteiger partial charge on any atom is 0.128 e. The number of hydrogen-bond donors (Lipinski definition) is 1. The summed E-state index contributed by atoms with van der Waals surface area (Å²) < 4.78 is 13.7. The lowest BCUT2D eigenvalue weighted by molar-refractivity contribution is 0.474. The first-order chi connectivity index (χ1) is 7.13. The number of rotatable bonds is 3. The molecule has 1 fully saturated rings. The quantitative estimate of drug-likeness (QED) is 0.803. The van der Waals surface area contributed by atoms with Crippen LogP contribution in [-0.2, 0) is 0 Å². The maximum atomic E-state index is 13.7. The van der Waals surface area contributed by atoms with Crippen molar-refractivity contribution >= 4 is 0 Å². The van der Waals surface area contributed by atoms with Crippen LogP contribution in [0.4, 0.5) is 4.39 Å². The lowest BCUT2D eigenvalue weighted by Crippen LogP contribution is -2.20. The van der Waals surface area contributed by atoms with E-state index < -0.39 is 0 Å². The second kappa shape index (κ2) is 3.93. The van der Waals surface area contributed by atoms with Gasteiger partial charge in [-0.05, 0) is 38.3 Å². The Balaban J connectivity index is 2.29. The van der Waals surface area contributed by atoms with E-state index in [4.69, 9.17) is 0 Å². The van der Waals surface area contributed by atoms with Crippen LogP contribution in [0.25, 0.3) is 0 Å². The molecule has 0 heterocycles. The van der Waals surface area contributed by atoms with Crippen molar-refractivity contribution in [2.24, 2.45) is 11.8 Å². The number of aryl methyl sites for hydroxylation is 1. The van der Waals surface area contributed by atoms with Crippen molar-refractivity contribution in [2.45, 2.75) is 26.3 Å². The molecule has 1 N–H and O–H groups in total. The summed E-state index contributed by atoms with van der Waals surface area (Å²) in [6, 6.07) is 5.53. The molecule has 1 aromatic rings. The predicted molar refractivity (Wildman–Crippen MR) is 60.2 cm³/mol. The zero-order valence-electron chi connectivity index (χ0n) is 9.55. The van der Waals surface area contributed by atoms with Gasteiger partial charge in [0.1, 0.15) is 5.82 Å². The highest BCUT2D eigenvalue weighted by molar-refractivity contribution is 5.28. The lowest BCUT2D eigenvalue weighted by Gasteiger charge is -2.17. The third-order valence-electron chi connectivity index (χ3n) is 3.40. The molecule has 0 saturated heterocycles. The van der Waals surface area contributed by atoms with Crippen molar-refractivity contribution < 1.29 is 4.39 Å². The Hall–Kier alpha value is -0.890. The summed E-state index contributed by atoms with van der Waals surface area (Å²) in [6.07, 6.45) is 1.21. The highest BCUT2D eigenvalue weighted by Crippen LogP contribution is 2.47. The molecular formula is C13H18FN. The summed E-state index contributed by atoms with van der Waals surface area (Å²) >= 11 is 0. The summed E-state index contributed by atoms with van der Waals surface area (Å²) in [5, 5.41) is 3.24. The van der Waals surface area contributed by atoms with E-state index in [2.05, 4.69) is 12.2 Å². The van der Waals surface area contributed by atoms with Gasteiger partial charge in [0.25, 0.3) is 0 Å². The molecule has 1 aliphatic carbocycles. The van der Waals surface area contributed by atoms with E-state index in [0.717, 1.165) is 17.0 Å². The van der Waals surface area contributed by atoms with Crippen molar-refractivity contribution in [3.63, 3.8) is 0 Å². The minimum atomic E-state index is -0.0842. The van der Waals surface area contributed by atoms with Gasteiger partial charge in [0.2, 0.25) is 0 Å². The average Bonchev–Trinajstić information content (AvgIpc) is 2.90. The van der Waals surface area contributed by atoms with Gasteiger partial charge < -0.3 is 5.32 Å². The second-order valence-corrected chi connectivity index (χ2v) is 4.67. The second-order valence-electron chi connectivity index (χ2n) is 4.67. The zero-order chi connectivity index (χ0) is 11.0. The molecule has 1 nitrogen and oxygen atoms in total. The number of halogens is 1. The first kappa shape index (κ1) is 10.6. The zero-order valence-corrected chi connectivity index (χ0v) is 9.55. The van der Waals surface area contributed by atoms with E-state index in [9.17, 15) is 4.39 Å². The molecule has 0 amide bonds. The van der Waals surface area contributed by atoms with Crippen LogP contribution in [0.15, 0.2) is 18.2 Å². The van der Waals surface area contributed by atoms with Crippen molar-refractivity contribution in [3.05, 3.63) is 35.1 Å². The van der Waals surface area contributed by atoms with Gasteiger partial charge >= 0.3 is 0 Å². The van der Waals surface area contributed by atoms with E-state index in [1.54, 1.807) is 6.07 Å². The van der Waals surface area contributed by atoms with Crippen molar-refractivity contribution in [1.29, 1.82) is 0 Å². The minimum Gasteiger partial charge on any atom is -0.313 e. The van der Waals surface area contributed by atoms with Gasteiger partial charge in [-0.3, -0.25) is 0 Å². The monoisotopic (exact) mass is 207 g/mol. The molecule has 1 aliphatic rings. The summed E-state index contributed by atoms with van der Waals surface area (Å²) in [5.74, 6) is 1.24. The van der Waals surface area contributed by atoms with Crippen molar-refractivity contribution in [1.82, 2.24) is 5.32 Å². The van der Waals surface area contributed by atoms with Crippen molar-refractivity contribution in [3.8, 4) is 0 Å². The highest BCUT2D eigenvalue weighted by Gasteiger charge is 2.40. The van der Waals surface area contributed by atoms with E-state index in [1.807, 2.05) is 26.1 Å². The molecule has 1 aromatic carbocycles. The van der Waals surface area contributed by atoms with E-state index in [-0.39, 0.29) is 11.9 Å². The molecule has 0 aromatic heterocycles. The minimum absolute atomic E-state index is 0.0842. The van der Waals surface area contributed by atoms with Gasteiger partial charge in [0.05, 0.1) is 0 Å². The topological polar surface area (TPSA) is 12.0 Å². The van der Waals surface area contributed by atoms with E-state index >= 15 is 0 Å². The average molecular weight is 207 g/mol. The van der Waals surface area contributed by atoms with Crippen LogP contribution < -0.4 is 5.32 Å². The standard InChI is InChI=1S/C13H18FN/c1-8-4-5-12(14)11(6-8)13(15-3)10-7-9(10)2/h4-6,9-10,13,15H,7H2,1-3H3. The molecule has 3 atom stereocenters. The number of hydrogen-bond acceptors (Lipinski definition) is 1. The fraction of sp³-hybridized carbons (Fsp3) is 0.538. The van der Waals surface area contributed by atoms with Crippen LogP contribution in [0.3, 0.4) is 0 Å². The Labute approximate surface area is 90.7 Å². The van der Waals surface area contributed by atoms with Gasteiger partial charge in [-0.25, -0.2) is 4.39 Å². The van der Waals surface area contributed by atoms with Gasteiger partial charge in [-0.1, -0.05) is 24.6 Å². The van der Waals surface area contributed by atoms with Crippen LogP contribution in [0, 0.1) is 24.6 Å². The van der Waals surface area contributed by atoms with Crippen LogP contribution >= 0.6 is 0 Å². The van der Waals surface area contributed by atoms with E-state index in [0.29, 0.717) is 5.92 Å². The molecule has 2 heteroatoms. The van der Waals surface area contributed by atoms with Gasteiger partial charge in [-0.2, -0.15) is 0 Å². The van der Waals surface area contributed by atoms with Gasteiger partial charge in [-0.15, -0.1) is 0 Å². The van der Waals surface area contributed by atoms with Crippen LogP contribution in [0.1, 0.15) is 30.5 Å². The Morgan fingerprint density at radius 3 is 2.67 bits per heavy atom. The van der Waals surface area contributed by atoms with Crippen LogP contribution in [0.2, 0.25) is 0 Å². The number of nitrogens with one attached hydrogen (secondary N) is 1. The summed E-state index contributed by atoms with van der Waals surface area (Å²) in [6.45, 7) is 4.23. The summed E-state index contributed by atoms with van der Waals surface area (Å²) in [4.78, 5) is 0. The molecule has 0 radical (unpaired) electrons. The largest absolute Gasteiger partial charge is 0.313 e. The summed E-state index contributed by atoms with van der Waals surface area (Å²) in [5.41, 5.74) is 1.95. The fourth-order valence-electron chi connectivity index (χ4n) is 2.32. The molecular weight excluding hydrogens is 189 g/mol. The third-order valence-corrected chi connectivity index (χ3v) is 3.40.